The standard InChI is InChI=1S/C28H26F3N3O4S/c1-17(16-36-2)37-20-12-19(23-5-6-24(33-23)26-32-8-11-39-26)13-21(15-20)38-25-7-4-18(14-22(25)28(29,30)31)27(35)34-9-3-10-34/h4-8,11-15,17,33H,3,9-10,16H2,1-2H3/t17-/m0/s1. The molecule has 39 heavy (non-hydrogen) atoms. The molecule has 1 amide bonds. The Hall–Kier alpha value is -3.83. The van der Waals surface area contributed by atoms with Crippen molar-refractivity contribution >= 4 is 17.2 Å². The van der Waals surface area contributed by atoms with Gasteiger partial charge in [0.05, 0.1) is 17.9 Å². The maximum absolute atomic E-state index is 14.1. The van der Waals surface area contributed by atoms with E-state index in [9.17, 15) is 18.0 Å². The number of ether oxygens (including phenoxy) is 3. The van der Waals surface area contributed by atoms with Crippen molar-refractivity contribution in [1.82, 2.24) is 14.9 Å². The van der Waals surface area contributed by atoms with Gasteiger partial charge in [0.2, 0.25) is 0 Å². The summed E-state index contributed by atoms with van der Waals surface area (Å²) >= 11 is 1.48. The van der Waals surface area contributed by atoms with Crippen LogP contribution in [0.5, 0.6) is 17.2 Å². The minimum absolute atomic E-state index is 0.0263. The van der Waals surface area contributed by atoms with Gasteiger partial charge in [-0.2, -0.15) is 13.2 Å². The number of nitrogens with zero attached hydrogens (tertiary/aromatic N) is 2. The van der Waals surface area contributed by atoms with Crippen molar-refractivity contribution in [3.05, 3.63) is 71.2 Å². The van der Waals surface area contributed by atoms with Gasteiger partial charge in [0, 0.05) is 54.7 Å². The highest BCUT2D eigenvalue weighted by atomic mass is 32.1. The van der Waals surface area contributed by atoms with Gasteiger partial charge < -0.3 is 24.1 Å². The number of carbonyl (C=O) groups excluding carboxylic acids is 1. The molecule has 4 aromatic rings. The molecule has 0 radical (unpaired) electrons. The van der Waals surface area contributed by atoms with E-state index < -0.39 is 23.4 Å². The van der Waals surface area contributed by atoms with E-state index in [-0.39, 0.29) is 17.4 Å². The minimum atomic E-state index is -4.73. The molecule has 5 rings (SSSR count). The van der Waals surface area contributed by atoms with Crippen LogP contribution in [0.15, 0.2) is 60.1 Å². The quantitative estimate of drug-likeness (QED) is 0.243. The van der Waals surface area contributed by atoms with Crippen LogP contribution >= 0.6 is 11.3 Å². The average Bonchev–Trinajstić information content (AvgIpc) is 3.55. The zero-order chi connectivity index (χ0) is 27.6. The van der Waals surface area contributed by atoms with Crippen molar-refractivity contribution in [3.63, 3.8) is 0 Å². The normalized spacial score (nSPS) is 14.1. The summed E-state index contributed by atoms with van der Waals surface area (Å²) in [7, 11) is 1.55. The number of aromatic nitrogens is 2. The van der Waals surface area contributed by atoms with Crippen LogP contribution < -0.4 is 9.47 Å². The topological polar surface area (TPSA) is 76.7 Å². The molecule has 204 valence electrons. The first-order valence-electron chi connectivity index (χ1n) is 12.3. The number of amides is 1. The first-order chi connectivity index (χ1) is 18.7. The predicted molar refractivity (Wildman–Crippen MR) is 141 cm³/mol. The Morgan fingerprint density at radius 1 is 1.10 bits per heavy atom. The zero-order valence-electron chi connectivity index (χ0n) is 21.2. The van der Waals surface area contributed by atoms with E-state index in [4.69, 9.17) is 14.2 Å². The number of aromatic amines is 1. The third-order valence-corrected chi connectivity index (χ3v) is 6.99. The van der Waals surface area contributed by atoms with E-state index in [0.717, 1.165) is 23.2 Å². The molecule has 11 heteroatoms. The van der Waals surface area contributed by atoms with Crippen LogP contribution in [0.2, 0.25) is 0 Å². The van der Waals surface area contributed by atoms with Crippen molar-refractivity contribution < 1.29 is 32.2 Å². The van der Waals surface area contributed by atoms with E-state index in [1.165, 1.54) is 34.4 Å². The Kier molecular flexibility index (Phi) is 7.62. The SMILES string of the molecule is COC[C@H](C)Oc1cc(Oc2ccc(C(=O)N3CCC3)cc2C(F)(F)F)cc(-c2ccc(-c3nccs3)[nH]2)c1. The van der Waals surface area contributed by atoms with Gasteiger partial charge in [-0.1, -0.05) is 0 Å². The summed E-state index contributed by atoms with van der Waals surface area (Å²) in [5.74, 6) is -0.294. The summed E-state index contributed by atoms with van der Waals surface area (Å²) in [6.45, 7) is 3.22. The molecule has 1 fully saturated rings. The zero-order valence-corrected chi connectivity index (χ0v) is 22.1. The first kappa shape index (κ1) is 26.8. The van der Waals surface area contributed by atoms with Gasteiger partial charge in [-0.25, -0.2) is 4.98 Å². The number of carbonyl (C=O) groups is 1. The molecule has 1 N–H and O–H groups in total. The lowest BCUT2D eigenvalue weighted by molar-refractivity contribution is -0.138. The number of benzene rings is 2. The third kappa shape index (κ3) is 6.10. The fraction of sp³-hybridized carbons (Fsp3) is 0.286. The number of hydrogen-bond acceptors (Lipinski definition) is 6. The minimum Gasteiger partial charge on any atom is -0.488 e. The molecule has 0 saturated carbocycles. The van der Waals surface area contributed by atoms with Gasteiger partial charge in [0.1, 0.15) is 28.4 Å². The Bertz CT molecular complexity index is 1450. The molecule has 1 atom stereocenters. The lowest BCUT2D eigenvalue weighted by atomic mass is 10.1. The van der Waals surface area contributed by atoms with Crippen molar-refractivity contribution in [2.75, 3.05) is 26.8 Å². The van der Waals surface area contributed by atoms with Gasteiger partial charge in [-0.3, -0.25) is 4.79 Å². The molecule has 1 aliphatic heterocycles. The lowest BCUT2D eigenvalue weighted by Gasteiger charge is -2.31. The number of rotatable bonds is 9. The summed E-state index contributed by atoms with van der Waals surface area (Å²) < 4.78 is 59.1. The predicted octanol–water partition coefficient (Wildman–Crippen LogP) is 6.88. The molecule has 0 spiro atoms. The van der Waals surface area contributed by atoms with Crippen LogP contribution in [0, 0.1) is 0 Å². The average molecular weight is 558 g/mol. The van der Waals surface area contributed by atoms with E-state index in [2.05, 4.69) is 9.97 Å². The monoisotopic (exact) mass is 557 g/mol. The molecular formula is C28H26F3N3O4S. The summed E-state index contributed by atoms with van der Waals surface area (Å²) in [4.78, 5) is 21.7. The van der Waals surface area contributed by atoms with Crippen LogP contribution in [0.3, 0.4) is 0 Å². The van der Waals surface area contributed by atoms with E-state index in [1.54, 1.807) is 25.4 Å². The van der Waals surface area contributed by atoms with Crippen molar-refractivity contribution in [1.29, 1.82) is 0 Å². The molecule has 0 aliphatic carbocycles. The second-order valence-electron chi connectivity index (χ2n) is 9.16. The molecule has 1 saturated heterocycles. The number of hydrogen-bond donors (Lipinski definition) is 1. The Balaban J connectivity index is 1.50. The van der Waals surface area contributed by atoms with Gasteiger partial charge in [-0.15, -0.1) is 11.3 Å². The van der Waals surface area contributed by atoms with Crippen LogP contribution in [0.25, 0.3) is 22.0 Å². The lowest BCUT2D eigenvalue weighted by Crippen LogP contribution is -2.42. The largest absolute Gasteiger partial charge is 0.488 e. The number of methoxy groups -OCH3 is 1. The van der Waals surface area contributed by atoms with Gasteiger partial charge in [-0.05, 0) is 55.8 Å². The molecule has 7 nitrogen and oxygen atoms in total. The highest BCUT2D eigenvalue weighted by Crippen LogP contribution is 2.41. The number of thiazole rings is 1. The molecular weight excluding hydrogens is 531 g/mol. The molecule has 1 aliphatic rings. The molecule has 0 bridgehead atoms. The third-order valence-electron chi connectivity index (χ3n) is 6.18. The van der Waals surface area contributed by atoms with E-state index in [0.29, 0.717) is 36.7 Å². The Morgan fingerprint density at radius 3 is 2.54 bits per heavy atom. The highest BCUT2D eigenvalue weighted by Gasteiger charge is 2.36. The maximum Gasteiger partial charge on any atom is 0.420 e. The van der Waals surface area contributed by atoms with Crippen LogP contribution in [0.4, 0.5) is 13.2 Å². The Morgan fingerprint density at radius 2 is 1.87 bits per heavy atom. The van der Waals surface area contributed by atoms with Gasteiger partial charge in [0.15, 0.2) is 0 Å². The fourth-order valence-corrected chi connectivity index (χ4v) is 4.82. The van der Waals surface area contributed by atoms with Crippen molar-refractivity contribution in [2.24, 2.45) is 0 Å². The maximum atomic E-state index is 14.1. The summed E-state index contributed by atoms with van der Waals surface area (Å²) in [6.07, 6.45) is -2.49. The number of likely N-dealkylation sites (tertiary alicyclic amines) is 1. The molecule has 3 heterocycles. The Labute approximate surface area is 227 Å². The van der Waals surface area contributed by atoms with Gasteiger partial charge >= 0.3 is 6.18 Å². The van der Waals surface area contributed by atoms with E-state index >= 15 is 0 Å². The second-order valence-corrected chi connectivity index (χ2v) is 10.1. The fourth-order valence-electron chi connectivity index (χ4n) is 4.20. The number of nitrogens with one attached hydrogen (secondary N) is 1. The number of alkyl halides is 3. The summed E-state index contributed by atoms with van der Waals surface area (Å²) in [6, 6.07) is 12.1. The smallest absolute Gasteiger partial charge is 0.420 e. The van der Waals surface area contributed by atoms with Crippen LogP contribution in [-0.4, -0.2) is 53.7 Å². The highest BCUT2D eigenvalue weighted by molar-refractivity contribution is 7.13. The van der Waals surface area contributed by atoms with E-state index in [1.807, 2.05) is 24.4 Å². The summed E-state index contributed by atoms with van der Waals surface area (Å²) in [5.41, 5.74) is 1.11. The second kappa shape index (κ2) is 11.1. The molecule has 2 aromatic heterocycles. The molecule has 2 aromatic carbocycles. The first-order valence-corrected chi connectivity index (χ1v) is 13.2. The molecule has 0 unspecified atom stereocenters. The van der Waals surface area contributed by atoms with Crippen LogP contribution in [0.1, 0.15) is 29.3 Å². The number of H-pyrrole nitrogens is 1. The van der Waals surface area contributed by atoms with Crippen molar-refractivity contribution in [3.8, 4) is 39.2 Å². The van der Waals surface area contributed by atoms with Crippen LogP contribution in [-0.2, 0) is 10.9 Å². The van der Waals surface area contributed by atoms with Crippen molar-refractivity contribution in [2.45, 2.75) is 25.6 Å². The van der Waals surface area contributed by atoms with Gasteiger partial charge in [0.25, 0.3) is 5.91 Å². The summed E-state index contributed by atoms with van der Waals surface area (Å²) in [5, 5.41) is 2.68. The number of halogens is 3.